The van der Waals surface area contributed by atoms with E-state index in [2.05, 4.69) is 16.4 Å². The molecule has 3 rings (SSSR count). The predicted molar refractivity (Wildman–Crippen MR) is 99.3 cm³/mol. The third kappa shape index (κ3) is 5.21. The van der Waals surface area contributed by atoms with E-state index >= 15 is 0 Å². The number of nitrogens with one attached hydrogen (secondary N) is 1. The highest BCUT2D eigenvalue weighted by atomic mass is 19.4. The molecule has 0 amide bonds. The van der Waals surface area contributed by atoms with E-state index in [9.17, 15) is 13.2 Å². The Labute approximate surface area is 161 Å². The highest BCUT2D eigenvalue weighted by Gasteiger charge is 2.29. The van der Waals surface area contributed by atoms with Crippen LogP contribution in [0.1, 0.15) is 27.9 Å². The van der Waals surface area contributed by atoms with Crippen molar-refractivity contribution in [2.75, 3.05) is 6.54 Å². The summed E-state index contributed by atoms with van der Waals surface area (Å²) in [5.41, 5.74) is 2.93. The van der Waals surface area contributed by atoms with Crippen molar-refractivity contribution >= 4 is 0 Å². The van der Waals surface area contributed by atoms with Crippen molar-refractivity contribution in [2.24, 2.45) is 0 Å². The Morgan fingerprint density at radius 2 is 1.68 bits per heavy atom. The lowest BCUT2D eigenvalue weighted by Crippen LogP contribution is -2.18. The van der Waals surface area contributed by atoms with Crippen LogP contribution in [0.3, 0.4) is 0 Å². The molecule has 0 saturated heterocycles. The minimum atomic E-state index is -4.31. The number of nitrogens with zero attached hydrogens (tertiary/aromatic N) is 3. The van der Waals surface area contributed by atoms with Gasteiger partial charge in [0.05, 0.1) is 23.5 Å². The van der Waals surface area contributed by atoms with Gasteiger partial charge in [0.15, 0.2) is 0 Å². The van der Waals surface area contributed by atoms with Crippen LogP contribution in [0.5, 0.6) is 0 Å². The minimum absolute atomic E-state index is 0.502. The van der Waals surface area contributed by atoms with Crippen molar-refractivity contribution in [2.45, 2.75) is 25.7 Å². The van der Waals surface area contributed by atoms with Gasteiger partial charge in [0, 0.05) is 37.9 Å². The Bertz CT molecular complexity index is 936. The predicted octanol–water partition coefficient (Wildman–Crippen LogP) is 4.15. The summed E-state index contributed by atoms with van der Waals surface area (Å²) in [5, 5.41) is 12.1. The van der Waals surface area contributed by atoms with Crippen LogP contribution in [0.4, 0.5) is 13.2 Å². The molecule has 0 unspecified atom stereocenters. The second kappa shape index (κ2) is 8.72. The minimum Gasteiger partial charge on any atom is -0.330 e. The second-order valence-electron chi connectivity index (χ2n) is 6.44. The van der Waals surface area contributed by atoms with E-state index in [1.54, 1.807) is 18.5 Å². The van der Waals surface area contributed by atoms with Gasteiger partial charge in [-0.05, 0) is 35.4 Å². The molecule has 0 aliphatic rings. The van der Waals surface area contributed by atoms with Gasteiger partial charge in [-0.3, -0.25) is 0 Å². The smallest absolute Gasteiger partial charge is 0.330 e. The first-order valence-electron chi connectivity index (χ1n) is 8.80. The first-order valence-corrected chi connectivity index (χ1v) is 8.80. The number of hydrogen-bond donors (Lipinski definition) is 1. The number of imidazole rings is 1. The van der Waals surface area contributed by atoms with E-state index in [4.69, 9.17) is 5.26 Å². The van der Waals surface area contributed by atoms with Crippen LogP contribution in [-0.2, 0) is 25.7 Å². The van der Waals surface area contributed by atoms with Gasteiger partial charge in [0.1, 0.15) is 0 Å². The molecule has 144 valence electrons. The Balaban J connectivity index is 1.49. The summed E-state index contributed by atoms with van der Waals surface area (Å²) >= 11 is 0. The third-order valence-electron chi connectivity index (χ3n) is 4.40. The Morgan fingerprint density at radius 1 is 1.00 bits per heavy atom. The van der Waals surface area contributed by atoms with E-state index in [0.717, 1.165) is 35.4 Å². The van der Waals surface area contributed by atoms with Crippen molar-refractivity contribution < 1.29 is 13.2 Å². The molecule has 0 bridgehead atoms. The Hall–Kier alpha value is -3.11. The van der Waals surface area contributed by atoms with Crippen LogP contribution < -0.4 is 5.32 Å². The van der Waals surface area contributed by atoms with E-state index in [1.165, 1.54) is 12.1 Å². The maximum absolute atomic E-state index is 12.6. The molecule has 7 heteroatoms. The normalized spacial score (nSPS) is 11.4. The number of halogens is 3. The molecule has 0 fully saturated rings. The maximum Gasteiger partial charge on any atom is 0.416 e. The Kier molecular flexibility index (Phi) is 6.12. The zero-order valence-electron chi connectivity index (χ0n) is 15.1. The first kappa shape index (κ1) is 19.6. The van der Waals surface area contributed by atoms with Crippen LogP contribution in [0.15, 0.2) is 61.1 Å². The van der Waals surface area contributed by atoms with Gasteiger partial charge in [-0.2, -0.15) is 18.4 Å². The molecule has 0 spiro atoms. The SMILES string of the molecule is N#Cc1ccc(Cn2cncc2CCNCc2ccc(C(F)(F)F)cc2)cc1. The van der Waals surface area contributed by atoms with E-state index < -0.39 is 11.7 Å². The first-order chi connectivity index (χ1) is 13.5. The fourth-order valence-electron chi connectivity index (χ4n) is 2.84. The fourth-order valence-corrected chi connectivity index (χ4v) is 2.84. The average Bonchev–Trinajstić information content (AvgIpc) is 3.12. The summed E-state index contributed by atoms with van der Waals surface area (Å²) in [6.07, 6.45) is 0.0169. The van der Waals surface area contributed by atoms with Gasteiger partial charge < -0.3 is 9.88 Å². The highest BCUT2D eigenvalue weighted by molar-refractivity contribution is 5.31. The van der Waals surface area contributed by atoms with Crippen molar-refractivity contribution in [3.05, 3.63) is 89.0 Å². The quantitative estimate of drug-likeness (QED) is 0.623. The maximum atomic E-state index is 12.6. The number of aromatic nitrogens is 2. The van der Waals surface area contributed by atoms with Crippen LogP contribution in [0, 0.1) is 11.3 Å². The van der Waals surface area contributed by atoms with Crippen LogP contribution in [0.25, 0.3) is 0 Å². The second-order valence-corrected chi connectivity index (χ2v) is 6.44. The molecule has 4 nitrogen and oxygen atoms in total. The summed E-state index contributed by atoms with van der Waals surface area (Å²) < 4.78 is 39.8. The van der Waals surface area contributed by atoms with E-state index in [0.29, 0.717) is 25.2 Å². The molecule has 0 aliphatic carbocycles. The molecule has 1 aromatic heterocycles. The van der Waals surface area contributed by atoms with Crippen molar-refractivity contribution in [1.82, 2.24) is 14.9 Å². The van der Waals surface area contributed by atoms with Gasteiger partial charge in [-0.15, -0.1) is 0 Å². The summed E-state index contributed by atoms with van der Waals surface area (Å²) in [6, 6.07) is 14.7. The molecule has 0 atom stereocenters. The number of alkyl halides is 3. The molecular formula is C21H19F3N4. The van der Waals surface area contributed by atoms with Gasteiger partial charge in [-0.25, -0.2) is 4.98 Å². The molecule has 1 N–H and O–H groups in total. The van der Waals surface area contributed by atoms with Crippen molar-refractivity contribution in [3.63, 3.8) is 0 Å². The topological polar surface area (TPSA) is 53.6 Å². The zero-order chi connectivity index (χ0) is 20.0. The van der Waals surface area contributed by atoms with Gasteiger partial charge in [0.2, 0.25) is 0 Å². The lowest BCUT2D eigenvalue weighted by atomic mass is 10.1. The largest absolute Gasteiger partial charge is 0.416 e. The zero-order valence-corrected chi connectivity index (χ0v) is 15.1. The van der Waals surface area contributed by atoms with Crippen molar-refractivity contribution in [1.29, 1.82) is 5.26 Å². The molecule has 0 aliphatic heterocycles. The summed E-state index contributed by atoms with van der Waals surface area (Å²) in [4.78, 5) is 4.20. The number of rotatable bonds is 7. The summed E-state index contributed by atoms with van der Waals surface area (Å²) in [6.45, 7) is 1.85. The van der Waals surface area contributed by atoms with Crippen LogP contribution >= 0.6 is 0 Å². The fraction of sp³-hybridized carbons (Fsp3) is 0.238. The molecule has 0 saturated carbocycles. The van der Waals surface area contributed by atoms with Gasteiger partial charge in [0.25, 0.3) is 0 Å². The number of hydrogen-bond acceptors (Lipinski definition) is 3. The van der Waals surface area contributed by atoms with Gasteiger partial charge >= 0.3 is 6.18 Å². The monoisotopic (exact) mass is 384 g/mol. The molecule has 3 aromatic rings. The number of nitriles is 1. The lowest BCUT2D eigenvalue weighted by Gasteiger charge is -2.10. The molecule has 2 aromatic carbocycles. The Morgan fingerprint density at radius 3 is 2.32 bits per heavy atom. The van der Waals surface area contributed by atoms with Crippen LogP contribution in [0.2, 0.25) is 0 Å². The summed E-state index contributed by atoms with van der Waals surface area (Å²) in [7, 11) is 0. The van der Waals surface area contributed by atoms with Crippen LogP contribution in [-0.4, -0.2) is 16.1 Å². The average molecular weight is 384 g/mol. The standard InChI is InChI=1S/C21H19F3N4/c22-21(23,24)19-7-5-17(6-8-19)12-26-10-9-20-13-27-15-28(20)14-18-3-1-16(11-25)2-4-18/h1-8,13,15,26H,9-10,12,14H2. The van der Waals surface area contributed by atoms with E-state index in [-0.39, 0.29) is 0 Å². The molecular weight excluding hydrogens is 365 g/mol. The molecule has 28 heavy (non-hydrogen) atoms. The molecule has 0 radical (unpaired) electrons. The third-order valence-corrected chi connectivity index (χ3v) is 4.40. The van der Waals surface area contributed by atoms with Crippen molar-refractivity contribution in [3.8, 4) is 6.07 Å². The lowest BCUT2D eigenvalue weighted by molar-refractivity contribution is -0.137. The highest BCUT2D eigenvalue weighted by Crippen LogP contribution is 2.29. The summed E-state index contributed by atoms with van der Waals surface area (Å²) in [5.74, 6) is 0. The molecule has 1 heterocycles. The number of benzene rings is 2. The van der Waals surface area contributed by atoms with Gasteiger partial charge in [-0.1, -0.05) is 24.3 Å². The van der Waals surface area contributed by atoms with E-state index in [1.807, 2.05) is 22.9 Å².